The van der Waals surface area contributed by atoms with Gasteiger partial charge in [0.25, 0.3) is 10.0 Å². The zero-order chi connectivity index (χ0) is 25.5. The maximum absolute atomic E-state index is 13.2. The molecule has 0 aliphatic carbocycles. The van der Waals surface area contributed by atoms with Crippen molar-refractivity contribution in [1.29, 1.82) is 0 Å². The van der Waals surface area contributed by atoms with E-state index in [-0.39, 0.29) is 37.2 Å². The largest absolute Gasteiger partial charge is 0.392 e. The molecule has 1 heterocycles. The number of nitrogens with zero attached hydrogens (tertiary/aromatic N) is 2. The smallest absolute Gasteiger partial charge is 0.263 e. The topological polar surface area (TPSA) is 118 Å². The molecule has 182 valence electrons. The van der Waals surface area contributed by atoms with Crippen molar-refractivity contribution in [2.75, 3.05) is 10.5 Å². The number of hydrogen-bond donors (Lipinski definition) is 3. The molecule has 7 nitrogen and oxygen atoms in total. The molecule has 0 fully saturated rings. The normalized spacial score (nSPS) is 11.7. The van der Waals surface area contributed by atoms with Crippen LogP contribution < -0.4 is 10.5 Å². The highest BCUT2D eigenvalue weighted by atomic mass is 35.5. The Bertz CT molecular complexity index is 1580. The summed E-state index contributed by atoms with van der Waals surface area (Å²) < 4.78 is 28.8. The lowest BCUT2D eigenvalue weighted by atomic mass is 9.98. The lowest BCUT2D eigenvalue weighted by Crippen LogP contribution is -2.15. The first kappa shape index (κ1) is 25.8. The van der Waals surface area contributed by atoms with Crippen LogP contribution in [-0.2, 0) is 23.1 Å². The molecule has 0 saturated heterocycles. The number of aryl methyl sites for hydroxylation is 1. The Balaban J connectivity index is 1.84. The van der Waals surface area contributed by atoms with Crippen molar-refractivity contribution in [2.45, 2.75) is 24.8 Å². The van der Waals surface area contributed by atoms with Crippen molar-refractivity contribution >= 4 is 79.0 Å². The highest BCUT2D eigenvalue weighted by molar-refractivity contribution is 7.92. The maximum Gasteiger partial charge on any atom is 0.263 e. The Labute approximate surface area is 221 Å². The minimum atomic E-state index is -4.22. The molecule has 0 aliphatic rings. The van der Waals surface area contributed by atoms with Crippen LogP contribution in [0.15, 0.2) is 47.5 Å². The van der Waals surface area contributed by atoms with Crippen LogP contribution in [0.3, 0.4) is 0 Å². The number of benzene rings is 3. The van der Waals surface area contributed by atoms with Crippen LogP contribution in [-0.4, -0.2) is 23.5 Å². The number of sulfonamides is 1. The van der Waals surface area contributed by atoms with Gasteiger partial charge in [-0.1, -0.05) is 53.3 Å². The van der Waals surface area contributed by atoms with Gasteiger partial charge in [-0.15, -0.1) is 0 Å². The van der Waals surface area contributed by atoms with Crippen molar-refractivity contribution in [3.05, 3.63) is 73.8 Å². The molecule has 12 heteroatoms. The second kappa shape index (κ2) is 9.97. The van der Waals surface area contributed by atoms with Crippen molar-refractivity contribution in [1.82, 2.24) is 9.97 Å². The van der Waals surface area contributed by atoms with Crippen molar-refractivity contribution < 1.29 is 13.5 Å². The van der Waals surface area contributed by atoms with Crippen LogP contribution in [0.4, 0.5) is 11.6 Å². The highest BCUT2D eigenvalue weighted by Gasteiger charge is 2.24. The molecular formula is C23H18Cl4N4O3S. The number of aliphatic hydroxyl groups is 1. The van der Waals surface area contributed by atoms with E-state index in [0.29, 0.717) is 28.1 Å². The van der Waals surface area contributed by atoms with E-state index in [1.165, 1.54) is 24.3 Å². The number of rotatable bonds is 6. The number of fused-ring (bicyclic) bond motifs is 1. The summed E-state index contributed by atoms with van der Waals surface area (Å²) in [7, 11) is -4.22. The summed E-state index contributed by atoms with van der Waals surface area (Å²) in [5.74, 6) is 0.163. The molecule has 0 unspecified atom stereocenters. The number of nitrogens with one attached hydrogen (secondary N) is 1. The highest BCUT2D eigenvalue weighted by Crippen LogP contribution is 2.42. The first-order valence-corrected chi connectivity index (χ1v) is 13.2. The number of hydrogen-bond acceptors (Lipinski definition) is 6. The van der Waals surface area contributed by atoms with Gasteiger partial charge in [0, 0.05) is 22.2 Å². The van der Waals surface area contributed by atoms with E-state index in [0.717, 1.165) is 10.9 Å². The quantitative estimate of drug-likeness (QED) is 0.248. The van der Waals surface area contributed by atoms with E-state index in [1.54, 1.807) is 12.3 Å². The molecule has 0 saturated carbocycles. The molecule has 0 radical (unpaired) electrons. The van der Waals surface area contributed by atoms with Gasteiger partial charge in [-0.05, 0) is 59.5 Å². The Morgan fingerprint density at radius 2 is 1.77 bits per heavy atom. The molecular weight excluding hydrogens is 554 g/mol. The fourth-order valence-electron chi connectivity index (χ4n) is 3.67. The van der Waals surface area contributed by atoms with Crippen LogP contribution in [0.1, 0.15) is 18.1 Å². The predicted molar refractivity (Wildman–Crippen MR) is 142 cm³/mol. The predicted octanol–water partition coefficient (Wildman–Crippen LogP) is 6.35. The van der Waals surface area contributed by atoms with Crippen molar-refractivity contribution in [3.63, 3.8) is 0 Å². The zero-order valence-corrected chi connectivity index (χ0v) is 22.0. The summed E-state index contributed by atoms with van der Waals surface area (Å²) in [6.07, 6.45) is 2.26. The SMILES string of the molecule is CCc1cc(-c2c(Cl)ccc(NS(=O)(=O)c3cc(Cl)cc(CO)c3Cl)c2Cl)cc2cnc(N)nc12. The molecule has 0 amide bonds. The lowest BCUT2D eigenvalue weighted by molar-refractivity contribution is 0.281. The molecule has 4 rings (SSSR count). The van der Waals surface area contributed by atoms with E-state index in [2.05, 4.69) is 14.7 Å². The molecule has 0 aliphatic heterocycles. The van der Waals surface area contributed by atoms with E-state index < -0.39 is 16.6 Å². The van der Waals surface area contributed by atoms with Gasteiger partial charge in [-0.2, -0.15) is 0 Å². The summed E-state index contributed by atoms with van der Waals surface area (Å²) in [5, 5.41) is 10.6. The third kappa shape index (κ3) is 5.00. The Hall–Kier alpha value is -2.33. The second-order valence-electron chi connectivity index (χ2n) is 7.58. The average Bonchev–Trinajstić information content (AvgIpc) is 2.81. The molecule has 4 N–H and O–H groups in total. The van der Waals surface area contributed by atoms with Crippen LogP contribution >= 0.6 is 46.4 Å². The third-order valence-corrected chi connectivity index (χ3v) is 8.20. The Kier molecular flexibility index (Phi) is 7.33. The molecule has 0 spiro atoms. The van der Waals surface area contributed by atoms with Gasteiger partial charge < -0.3 is 10.8 Å². The number of anilines is 2. The Morgan fingerprint density at radius 3 is 2.46 bits per heavy atom. The first-order valence-electron chi connectivity index (χ1n) is 10.2. The van der Waals surface area contributed by atoms with Crippen LogP contribution in [0.2, 0.25) is 20.1 Å². The fraction of sp³-hybridized carbons (Fsp3) is 0.130. The standard InChI is InChI=1S/C23H18Cl4N4O3S/c1-2-11-5-12(6-13-9-29-23(28)30-22(11)13)19-16(25)3-4-17(21(19)27)31-35(33,34)18-8-15(24)7-14(10-32)20(18)26/h3-9,31-32H,2,10H2,1H3,(H2,28,29,30). The summed E-state index contributed by atoms with van der Waals surface area (Å²) in [6, 6.07) is 9.25. The van der Waals surface area contributed by atoms with Gasteiger partial charge in [0.15, 0.2) is 0 Å². The summed E-state index contributed by atoms with van der Waals surface area (Å²) in [5.41, 5.74) is 8.69. The molecule has 0 atom stereocenters. The van der Waals surface area contributed by atoms with Gasteiger partial charge in [-0.25, -0.2) is 18.4 Å². The van der Waals surface area contributed by atoms with Crippen molar-refractivity contribution in [2.24, 2.45) is 0 Å². The van der Waals surface area contributed by atoms with E-state index in [9.17, 15) is 13.5 Å². The van der Waals surface area contributed by atoms with E-state index in [1.807, 2.05) is 13.0 Å². The number of nitrogens with two attached hydrogens (primary N) is 1. The van der Waals surface area contributed by atoms with Crippen molar-refractivity contribution in [3.8, 4) is 11.1 Å². The number of nitrogen functional groups attached to an aromatic ring is 1. The summed E-state index contributed by atoms with van der Waals surface area (Å²) >= 11 is 25.4. The van der Waals surface area contributed by atoms with E-state index in [4.69, 9.17) is 52.1 Å². The zero-order valence-electron chi connectivity index (χ0n) is 18.1. The summed E-state index contributed by atoms with van der Waals surface area (Å²) in [4.78, 5) is 8.09. The van der Waals surface area contributed by atoms with Gasteiger partial charge in [0.05, 0.1) is 32.9 Å². The van der Waals surface area contributed by atoms with E-state index >= 15 is 0 Å². The molecule has 0 bridgehead atoms. The van der Waals surface area contributed by atoms with Crippen LogP contribution in [0, 0.1) is 0 Å². The molecule has 4 aromatic rings. The third-order valence-electron chi connectivity index (χ3n) is 5.32. The average molecular weight is 572 g/mol. The monoisotopic (exact) mass is 570 g/mol. The van der Waals surface area contributed by atoms with Gasteiger partial charge >= 0.3 is 0 Å². The number of aromatic nitrogens is 2. The lowest BCUT2D eigenvalue weighted by Gasteiger charge is -2.17. The van der Waals surface area contributed by atoms with Crippen LogP contribution in [0.25, 0.3) is 22.0 Å². The van der Waals surface area contributed by atoms with Gasteiger partial charge in [-0.3, -0.25) is 4.72 Å². The maximum atomic E-state index is 13.2. The molecule has 3 aromatic carbocycles. The second-order valence-corrected chi connectivity index (χ2v) is 10.8. The minimum Gasteiger partial charge on any atom is -0.392 e. The molecule has 35 heavy (non-hydrogen) atoms. The minimum absolute atomic E-state index is 0.0827. The summed E-state index contributed by atoms with van der Waals surface area (Å²) in [6.45, 7) is 1.49. The number of aliphatic hydroxyl groups excluding tert-OH is 1. The number of halogens is 4. The van der Waals surface area contributed by atoms with Gasteiger partial charge in [0.2, 0.25) is 5.95 Å². The first-order chi connectivity index (χ1) is 16.6. The van der Waals surface area contributed by atoms with Crippen LogP contribution in [0.5, 0.6) is 0 Å². The Morgan fingerprint density at radius 1 is 1.03 bits per heavy atom. The molecule has 1 aromatic heterocycles. The fourth-order valence-corrected chi connectivity index (χ4v) is 6.36. The van der Waals surface area contributed by atoms with Gasteiger partial charge in [0.1, 0.15) is 4.90 Å².